The highest BCUT2D eigenvalue weighted by Crippen LogP contribution is 2.29. The monoisotopic (exact) mass is 377 g/mol. The molecule has 1 saturated carbocycles. The van der Waals surface area contributed by atoms with Gasteiger partial charge in [0.2, 0.25) is 0 Å². The average Bonchev–Trinajstić information content (AvgIpc) is 3.31. The Balaban J connectivity index is 1.52. The quantitative estimate of drug-likeness (QED) is 0.570. The summed E-state index contributed by atoms with van der Waals surface area (Å²) in [5.74, 6) is 0.442. The lowest BCUT2D eigenvalue weighted by molar-refractivity contribution is 0.0473. The lowest BCUT2D eigenvalue weighted by Crippen LogP contribution is -2.28. The molecule has 2 N–H and O–H groups in total. The van der Waals surface area contributed by atoms with Gasteiger partial charge in [0.15, 0.2) is 5.65 Å². The maximum absolute atomic E-state index is 12.6. The third kappa shape index (κ3) is 3.01. The molecule has 5 rings (SSSR count). The molecule has 0 radical (unpaired) electrons. The SMILES string of the molecule is CO[C@H]1CCC[C@H](Cn2c(=O)[nH]c3ncc(-c4cnc5[nH]ccc5c4)cc32)C1. The van der Waals surface area contributed by atoms with Gasteiger partial charge in [-0.25, -0.2) is 14.8 Å². The van der Waals surface area contributed by atoms with Crippen LogP contribution in [0.3, 0.4) is 0 Å². The van der Waals surface area contributed by atoms with Crippen LogP contribution < -0.4 is 5.69 Å². The van der Waals surface area contributed by atoms with E-state index in [1.165, 1.54) is 0 Å². The van der Waals surface area contributed by atoms with Gasteiger partial charge in [0.05, 0.1) is 11.6 Å². The van der Waals surface area contributed by atoms with Crippen LogP contribution in [0, 0.1) is 5.92 Å². The van der Waals surface area contributed by atoms with Gasteiger partial charge in [0, 0.05) is 48.8 Å². The molecule has 4 heterocycles. The molecule has 1 aliphatic rings. The zero-order chi connectivity index (χ0) is 19.1. The van der Waals surface area contributed by atoms with Crippen LogP contribution in [0.2, 0.25) is 0 Å². The smallest absolute Gasteiger partial charge is 0.327 e. The van der Waals surface area contributed by atoms with Crippen molar-refractivity contribution in [2.45, 2.75) is 38.3 Å². The molecule has 0 amide bonds. The highest BCUT2D eigenvalue weighted by molar-refractivity contribution is 5.84. The molecule has 7 nitrogen and oxygen atoms in total. The van der Waals surface area contributed by atoms with E-state index in [0.29, 0.717) is 24.2 Å². The van der Waals surface area contributed by atoms with Crippen molar-refractivity contribution >= 4 is 22.2 Å². The first-order chi connectivity index (χ1) is 13.7. The Kier molecular flexibility index (Phi) is 4.24. The third-order valence-electron chi connectivity index (χ3n) is 5.87. The van der Waals surface area contributed by atoms with E-state index in [9.17, 15) is 4.79 Å². The van der Waals surface area contributed by atoms with Crippen LogP contribution in [-0.4, -0.2) is 37.7 Å². The van der Waals surface area contributed by atoms with Crippen LogP contribution in [0.5, 0.6) is 0 Å². The second kappa shape index (κ2) is 6.91. The van der Waals surface area contributed by atoms with E-state index in [-0.39, 0.29) is 5.69 Å². The summed E-state index contributed by atoms with van der Waals surface area (Å²) in [7, 11) is 1.77. The Hall–Kier alpha value is -2.93. The molecule has 28 heavy (non-hydrogen) atoms. The number of rotatable bonds is 4. The number of fused-ring (bicyclic) bond motifs is 2. The van der Waals surface area contributed by atoms with Crippen LogP contribution in [0.4, 0.5) is 0 Å². The van der Waals surface area contributed by atoms with Crippen molar-refractivity contribution in [1.82, 2.24) is 24.5 Å². The van der Waals surface area contributed by atoms with Gasteiger partial charge < -0.3 is 9.72 Å². The fraction of sp³-hybridized carbons (Fsp3) is 0.381. The maximum Gasteiger partial charge on any atom is 0.327 e. The average molecular weight is 377 g/mol. The minimum atomic E-state index is -0.0987. The van der Waals surface area contributed by atoms with Crippen molar-refractivity contribution in [3.8, 4) is 11.1 Å². The molecule has 0 saturated heterocycles. The van der Waals surface area contributed by atoms with Crippen LogP contribution in [0.15, 0.2) is 41.6 Å². The molecule has 1 aliphatic carbocycles. The Morgan fingerprint density at radius 2 is 2.00 bits per heavy atom. The minimum Gasteiger partial charge on any atom is -0.381 e. The van der Waals surface area contributed by atoms with Crippen molar-refractivity contribution in [2.24, 2.45) is 5.92 Å². The van der Waals surface area contributed by atoms with Crippen LogP contribution >= 0.6 is 0 Å². The second-order valence-electron chi connectivity index (χ2n) is 7.66. The van der Waals surface area contributed by atoms with Gasteiger partial charge in [-0.2, -0.15) is 0 Å². The molecule has 4 aromatic heterocycles. The largest absolute Gasteiger partial charge is 0.381 e. The Morgan fingerprint density at radius 1 is 1.18 bits per heavy atom. The van der Waals surface area contributed by atoms with Crippen LogP contribution in [0.25, 0.3) is 33.3 Å². The van der Waals surface area contributed by atoms with Gasteiger partial charge in [-0.3, -0.25) is 9.55 Å². The Labute approximate surface area is 161 Å². The number of pyridine rings is 2. The molecule has 2 atom stereocenters. The number of aromatic nitrogens is 5. The van der Waals surface area contributed by atoms with E-state index in [0.717, 1.165) is 53.4 Å². The number of nitrogens with one attached hydrogen (secondary N) is 2. The van der Waals surface area contributed by atoms with Gasteiger partial charge in [-0.05, 0) is 43.4 Å². The molecule has 0 spiro atoms. The summed E-state index contributed by atoms with van der Waals surface area (Å²) in [6, 6.07) is 6.12. The summed E-state index contributed by atoms with van der Waals surface area (Å²) in [5.41, 5.74) is 4.17. The van der Waals surface area contributed by atoms with Gasteiger partial charge in [0.25, 0.3) is 0 Å². The van der Waals surface area contributed by atoms with Crippen molar-refractivity contribution < 1.29 is 4.74 Å². The highest BCUT2D eigenvalue weighted by Gasteiger charge is 2.23. The number of hydrogen-bond acceptors (Lipinski definition) is 4. The molecule has 7 heteroatoms. The zero-order valence-electron chi connectivity index (χ0n) is 15.8. The summed E-state index contributed by atoms with van der Waals surface area (Å²) >= 11 is 0. The van der Waals surface area contributed by atoms with Crippen molar-refractivity contribution in [2.75, 3.05) is 7.11 Å². The van der Waals surface area contributed by atoms with Gasteiger partial charge in [0.1, 0.15) is 5.65 Å². The number of ether oxygens (including phenoxy) is 1. The number of imidazole rings is 1. The predicted octanol–water partition coefficient (Wildman–Crippen LogP) is 3.47. The summed E-state index contributed by atoms with van der Waals surface area (Å²) in [4.78, 5) is 27.5. The number of nitrogens with zero attached hydrogens (tertiary/aromatic N) is 3. The van der Waals surface area contributed by atoms with E-state index < -0.39 is 0 Å². The fourth-order valence-corrected chi connectivity index (χ4v) is 4.35. The van der Waals surface area contributed by atoms with E-state index in [1.807, 2.05) is 29.1 Å². The Bertz CT molecular complexity index is 1190. The van der Waals surface area contributed by atoms with E-state index in [1.54, 1.807) is 13.3 Å². The van der Waals surface area contributed by atoms with Crippen molar-refractivity contribution in [1.29, 1.82) is 0 Å². The normalized spacial score (nSPS) is 20.2. The molecule has 1 fully saturated rings. The summed E-state index contributed by atoms with van der Waals surface area (Å²) in [6.45, 7) is 0.693. The summed E-state index contributed by atoms with van der Waals surface area (Å²) in [5, 5.41) is 1.05. The predicted molar refractivity (Wildman–Crippen MR) is 108 cm³/mol. The molecule has 144 valence electrons. The minimum absolute atomic E-state index is 0.0987. The number of aromatic amines is 2. The number of hydrogen-bond donors (Lipinski definition) is 2. The first-order valence-electron chi connectivity index (χ1n) is 9.76. The lowest BCUT2D eigenvalue weighted by Gasteiger charge is -2.28. The van der Waals surface area contributed by atoms with E-state index in [2.05, 4.69) is 26.0 Å². The third-order valence-corrected chi connectivity index (χ3v) is 5.87. The molecule has 0 bridgehead atoms. The standard InChI is InChI=1S/C21H23N5O2/c1-28-17-4-2-3-13(7-17)12-26-18-9-16(11-24-20(18)25-21(26)27)15-8-14-5-6-22-19(14)23-10-15/h5-6,8-11,13,17H,2-4,7,12H2,1H3,(H,22,23)(H,24,25,27)/t13-,17-/m0/s1. The van der Waals surface area contributed by atoms with Gasteiger partial charge in [-0.1, -0.05) is 6.42 Å². The number of methoxy groups -OCH3 is 1. The first kappa shape index (κ1) is 17.2. The highest BCUT2D eigenvalue weighted by atomic mass is 16.5. The topological polar surface area (TPSA) is 88.6 Å². The van der Waals surface area contributed by atoms with Crippen molar-refractivity contribution in [3.63, 3.8) is 0 Å². The number of H-pyrrole nitrogens is 2. The molecule has 0 aliphatic heterocycles. The van der Waals surface area contributed by atoms with Crippen LogP contribution in [0.1, 0.15) is 25.7 Å². The molecule has 0 unspecified atom stereocenters. The van der Waals surface area contributed by atoms with E-state index >= 15 is 0 Å². The summed E-state index contributed by atoms with van der Waals surface area (Å²) in [6.07, 6.45) is 10.2. The molecular formula is C21H23N5O2. The summed E-state index contributed by atoms with van der Waals surface area (Å²) < 4.78 is 7.38. The Morgan fingerprint density at radius 3 is 2.86 bits per heavy atom. The zero-order valence-corrected chi connectivity index (χ0v) is 15.8. The molecule has 4 aromatic rings. The fourth-order valence-electron chi connectivity index (χ4n) is 4.35. The van der Waals surface area contributed by atoms with Gasteiger partial charge >= 0.3 is 5.69 Å². The van der Waals surface area contributed by atoms with Crippen molar-refractivity contribution in [3.05, 3.63) is 47.3 Å². The lowest BCUT2D eigenvalue weighted by atomic mass is 9.87. The van der Waals surface area contributed by atoms with E-state index in [4.69, 9.17) is 4.74 Å². The molecular weight excluding hydrogens is 354 g/mol. The second-order valence-corrected chi connectivity index (χ2v) is 7.66. The first-order valence-corrected chi connectivity index (χ1v) is 9.76. The van der Waals surface area contributed by atoms with Crippen LogP contribution in [-0.2, 0) is 11.3 Å². The maximum atomic E-state index is 12.6. The molecule has 0 aromatic carbocycles. The van der Waals surface area contributed by atoms with Gasteiger partial charge in [-0.15, -0.1) is 0 Å².